The summed E-state index contributed by atoms with van der Waals surface area (Å²) in [5.41, 5.74) is -0.440. The van der Waals surface area contributed by atoms with Gasteiger partial charge >= 0.3 is 6.18 Å². The number of hydrogen-bond donors (Lipinski definition) is 2. The normalized spacial score (nSPS) is 11.3. The molecule has 3 rings (SSSR count). The summed E-state index contributed by atoms with van der Waals surface area (Å²) >= 11 is 3.33. The Labute approximate surface area is 218 Å². The molecule has 0 aliphatic carbocycles. The lowest BCUT2D eigenvalue weighted by atomic mass is 10.1. The SMILES string of the molecule is COc1cc(C=C(C#N)C(=O)Nc2cccc(C(F)(F)F)c2)cc(Br)c1OCC(=O)Nc1ccccc1. The minimum atomic E-state index is -4.58. The molecule has 7 nitrogen and oxygen atoms in total. The molecular weight excluding hydrogens is 555 g/mol. The Hall–Kier alpha value is -4.30. The molecule has 3 aromatic carbocycles. The van der Waals surface area contributed by atoms with Crippen LogP contribution in [0.3, 0.4) is 0 Å². The maximum atomic E-state index is 12.9. The Bertz CT molecular complexity index is 1370. The quantitative estimate of drug-likeness (QED) is 0.253. The van der Waals surface area contributed by atoms with E-state index in [9.17, 15) is 28.0 Å². The molecule has 0 radical (unpaired) electrons. The van der Waals surface area contributed by atoms with Crippen molar-refractivity contribution in [1.29, 1.82) is 5.26 Å². The fraction of sp³-hybridized carbons (Fsp3) is 0.115. The number of anilines is 2. The average molecular weight is 574 g/mol. The predicted octanol–water partition coefficient (Wildman–Crippen LogP) is 6.04. The minimum absolute atomic E-state index is 0.114. The van der Waals surface area contributed by atoms with Gasteiger partial charge in [-0.3, -0.25) is 9.59 Å². The predicted molar refractivity (Wildman–Crippen MR) is 135 cm³/mol. The van der Waals surface area contributed by atoms with Crippen LogP contribution >= 0.6 is 15.9 Å². The third-order valence-corrected chi connectivity index (χ3v) is 5.37. The summed E-state index contributed by atoms with van der Waals surface area (Å²) in [4.78, 5) is 24.8. The first-order chi connectivity index (χ1) is 17.6. The molecule has 37 heavy (non-hydrogen) atoms. The Morgan fingerprint density at radius 2 is 1.73 bits per heavy atom. The molecule has 11 heteroatoms. The highest BCUT2D eigenvalue weighted by Crippen LogP contribution is 2.37. The van der Waals surface area contributed by atoms with Gasteiger partial charge in [-0.2, -0.15) is 18.4 Å². The number of rotatable bonds is 8. The van der Waals surface area contributed by atoms with Crippen molar-refractivity contribution in [2.45, 2.75) is 6.18 Å². The number of carbonyl (C=O) groups is 2. The van der Waals surface area contributed by atoms with E-state index in [1.807, 2.05) is 6.07 Å². The molecule has 2 N–H and O–H groups in total. The molecule has 0 aliphatic heterocycles. The molecular formula is C26H19BrF3N3O4. The summed E-state index contributed by atoms with van der Waals surface area (Å²) in [7, 11) is 1.37. The molecule has 2 amide bonds. The van der Waals surface area contributed by atoms with E-state index in [0.29, 0.717) is 15.7 Å². The van der Waals surface area contributed by atoms with Crippen molar-refractivity contribution in [3.63, 3.8) is 0 Å². The number of methoxy groups -OCH3 is 1. The smallest absolute Gasteiger partial charge is 0.416 e. The third-order valence-electron chi connectivity index (χ3n) is 4.78. The molecule has 0 atom stereocenters. The van der Waals surface area contributed by atoms with Gasteiger partial charge in [0, 0.05) is 11.4 Å². The third kappa shape index (κ3) is 7.59. The van der Waals surface area contributed by atoms with Crippen LogP contribution in [0.2, 0.25) is 0 Å². The topological polar surface area (TPSA) is 100 Å². The van der Waals surface area contributed by atoms with Crippen molar-refractivity contribution >= 4 is 45.2 Å². The van der Waals surface area contributed by atoms with Crippen LogP contribution in [0, 0.1) is 11.3 Å². The molecule has 0 fully saturated rings. The van der Waals surface area contributed by atoms with Gasteiger partial charge in [0.05, 0.1) is 17.1 Å². The van der Waals surface area contributed by atoms with Crippen LogP contribution in [-0.2, 0) is 15.8 Å². The molecule has 0 unspecified atom stereocenters. The fourth-order valence-electron chi connectivity index (χ4n) is 3.11. The molecule has 0 saturated carbocycles. The van der Waals surface area contributed by atoms with Gasteiger partial charge in [-0.15, -0.1) is 0 Å². The number of nitriles is 1. The van der Waals surface area contributed by atoms with Gasteiger partial charge in [-0.05, 0) is 70.0 Å². The largest absolute Gasteiger partial charge is 0.493 e. The average Bonchev–Trinajstić information content (AvgIpc) is 2.86. The number of carbonyl (C=O) groups excluding carboxylic acids is 2. The van der Waals surface area contributed by atoms with E-state index in [2.05, 4.69) is 26.6 Å². The van der Waals surface area contributed by atoms with E-state index in [1.165, 1.54) is 31.4 Å². The molecule has 0 saturated heterocycles. The highest BCUT2D eigenvalue weighted by atomic mass is 79.9. The fourth-order valence-corrected chi connectivity index (χ4v) is 3.68. The first-order valence-corrected chi connectivity index (χ1v) is 11.4. The monoisotopic (exact) mass is 573 g/mol. The van der Waals surface area contributed by atoms with Crippen LogP contribution in [0.25, 0.3) is 6.08 Å². The van der Waals surface area contributed by atoms with E-state index >= 15 is 0 Å². The van der Waals surface area contributed by atoms with Gasteiger partial charge in [-0.25, -0.2) is 0 Å². The molecule has 0 bridgehead atoms. The summed E-state index contributed by atoms with van der Waals surface area (Å²) < 4.78 is 50.1. The molecule has 0 aliphatic rings. The zero-order chi connectivity index (χ0) is 27.0. The Morgan fingerprint density at radius 1 is 1.03 bits per heavy atom. The number of nitrogens with one attached hydrogen (secondary N) is 2. The van der Waals surface area contributed by atoms with Gasteiger partial charge in [-0.1, -0.05) is 24.3 Å². The lowest BCUT2D eigenvalue weighted by Crippen LogP contribution is -2.20. The van der Waals surface area contributed by atoms with Gasteiger partial charge in [0.25, 0.3) is 11.8 Å². The number of amides is 2. The number of hydrogen-bond acceptors (Lipinski definition) is 5. The van der Waals surface area contributed by atoms with Crippen molar-refractivity contribution in [3.8, 4) is 17.6 Å². The van der Waals surface area contributed by atoms with Crippen LogP contribution in [0.1, 0.15) is 11.1 Å². The summed E-state index contributed by atoms with van der Waals surface area (Å²) in [5, 5.41) is 14.4. The van der Waals surface area contributed by atoms with E-state index in [1.54, 1.807) is 30.3 Å². The molecule has 190 valence electrons. The minimum Gasteiger partial charge on any atom is -0.493 e. The van der Waals surface area contributed by atoms with Crippen LogP contribution in [-0.4, -0.2) is 25.5 Å². The Balaban J connectivity index is 1.75. The summed E-state index contributed by atoms with van der Waals surface area (Å²) in [6, 6.07) is 17.6. The van der Waals surface area contributed by atoms with Crippen LogP contribution < -0.4 is 20.1 Å². The second-order valence-electron chi connectivity index (χ2n) is 7.44. The number of halogens is 4. The van der Waals surface area contributed by atoms with Gasteiger partial charge in [0.1, 0.15) is 11.6 Å². The summed E-state index contributed by atoms with van der Waals surface area (Å²) in [6.45, 7) is -0.318. The molecule has 0 spiro atoms. The highest BCUT2D eigenvalue weighted by Gasteiger charge is 2.30. The zero-order valence-corrected chi connectivity index (χ0v) is 20.8. The first kappa shape index (κ1) is 27.3. The lowest BCUT2D eigenvalue weighted by Gasteiger charge is -2.14. The van der Waals surface area contributed by atoms with Crippen LogP contribution in [0.5, 0.6) is 11.5 Å². The number of alkyl halides is 3. The van der Waals surface area contributed by atoms with Crippen molar-refractivity contribution in [3.05, 3.63) is 87.9 Å². The number of para-hydroxylation sites is 1. The van der Waals surface area contributed by atoms with Crippen molar-refractivity contribution in [2.24, 2.45) is 0 Å². The van der Waals surface area contributed by atoms with Crippen molar-refractivity contribution in [2.75, 3.05) is 24.4 Å². The second kappa shape index (κ2) is 12.1. The van der Waals surface area contributed by atoms with Gasteiger partial charge in [0.2, 0.25) is 0 Å². The maximum Gasteiger partial charge on any atom is 0.416 e. The summed E-state index contributed by atoms with van der Waals surface area (Å²) in [5.74, 6) is -0.865. The van der Waals surface area contributed by atoms with Gasteiger partial charge in [0.15, 0.2) is 18.1 Å². The Morgan fingerprint density at radius 3 is 2.38 bits per heavy atom. The van der Waals surface area contributed by atoms with Gasteiger partial charge < -0.3 is 20.1 Å². The maximum absolute atomic E-state index is 12.9. The van der Waals surface area contributed by atoms with E-state index in [-0.39, 0.29) is 29.4 Å². The number of nitrogens with zero attached hydrogens (tertiary/aromatic N) is 1. The van der Waals surface area contributed by atoms with E-state index < -0.39 is 23.6 Å². The lowest BCUT2D eigenvalue weighted by molar-refractivity contribution is -0.137. The van der Waals surface area contributed by atoms with Crippen molar-refractivity contribution < 1.29 is 32.2 Å². The van der Waals surface area contributed by atoms with E-state index in [4.69, 9.17) is 9.47 Å². The standard InChI is InChI=1S/C26H19BrF3N3O4/c1-36-22-12-16(11-21(27)24(22)37-15-23(34)32-19-7-3-2-4-8-19)10-17(14-31)25(35)33-20-9-5-6-18(13-20)26(28,29)30/h2-13H,15H2,1H3,(H,32,34)(H,33,35). The molecule has 0 aromatic heterocycles. The van der Waals surface area contributed by atoms with Crippen molar-refractivity contribution in [1.82, 2.24) is 0 Å². The zero-order valence-electron chi connectivity index (χ0n) is 19.2. The Kier molecular flexibility index (Phi) is 8.92. The molecule has 3 aromatic rings. The second-order valence-corrected chi connectivity index (χ2v) is 8.29. The molecule has 0 heterocycles. The van der Waals surface area contributed by atoms with E-state index in [0.717, 1.165) is 18.2 Å². The number of ether oxygens (including phenoxy) is 2. The highest BCUT2D eigenvalue weighted by molar-refractivity contribution is 9.10. The first-order valence-electron chi connectivity index (χ1n) is 10.6. The number of benzene rings is 3. The van der Waals surface area contributed by atoms with Crippen LogP contribution in [0.4, 0.5) is 24.5 Å². The van der Waals surface area contributed by atoms with Crippen LogP contribution in [0.15, 0.2) is 76.8 Å². The summed E-state index contributed by atoms with van der Waals surface area (Å²) in [6.07, 6.45) is -3.34.